The van der Waals surface area contributed by atoms with Crippen LogP contribution in [0.15, 0.2) is 30.6 Å². The van der Waals surface area contributed by atoms with Gasteiger partial charge in [-0.3, -0.25) is 9.11 Å². The van der Waals surface area contributed by atoms with Crippen LogP contribution in [0.3, 0.4) is 0 Å². The van der Waals surface area contributed by atoms with Crippen molar-refractivity contribution in [2.45, 2.75) is 6.42 Å². The average molecular weight is 259 g/mol. The monoisotopic (exact) mass is 259 g/mol. The highest BCUT2D eigenvalue weighted by Gasteiger charge is 2.07. The standard InChI is InChI=1S/C9H13N3O2S.CH4O/c10-15(13,14)6-4-8-7-12-5-2-1-3-9(12)11-8;1-2/h1-3,5,7,13-14H,4,6,10H2;2H,1H3. The largest absolute Gasteiger partial charge is 0.400 e. The zero-order valence-electron chi connectivity index (χ0n) is 9.52. The smallest absolute Gasteiger partial charge is 0.136 e. The normalized spacial score (nSPS) is 12.1. The lowest BCUT2D eigenvalue weighted by atomic mass is 10.4. The van der Waals surface area contributed by atoms with Crippen molar-refractivity contribution < 1.29 is 14.2 Å². The van der Waals surface area contributed by atoms with Gasteiger partial charge in [0, 0.05) is 25.9 Å². The number of aliphatic hydroxyl groups is 1. The van der Waals surface area contributed by atoms with Gasteiger partial charge in [0.15, 0.2) is 0 Å². The van der Waals surface area contributed by atoms with E-state index in [2.05, 4.69) is 4.98 Å². The molecule has 2 rings (SSSR count). The van der Waals surface area contributed by atoms with E-state index in [1.54, 1.807) is 0 Å². The Bertz CT molecular complexity index is 434. The third-order valence-electron chi connectivity index (χ3n) is 2.07. The van der Waals surface area contributed by atoms with Gasteiger partial charge in [-0.1, -0.05) is 6.07 Å². The van der Waals surface area contributed by atoms with Crippen LogP contribution in [0.25, 0.3) is 5.65 Å². The molecular formula is C10H17N3O3S. The second-order valence-electron chi connectivity index (χ2n) is 3.37. The Morgan fingerprint density at radius 1 is 1.35 bits per heavy atom. The molecule has 0 spiro atoms. The van der Waals surface area contributed by atoms with Crippen molar-refractivity contribution in [3.8, 4) is 0 Å². The molecule has 5 N–H and O–H groups in total. The molecule has 0 unspecified atom stereocenters. The van der Waals surface area contributed by atoms with Gasteiger partial charge in [-0.05, 0) is 12.1 Å². The van der Waals surface area contributed by atoms with E-state index in [0.29, 0.717) is 6.42 Å². The van der Waals surface area contributed by atoms with E-state index in [0.717, 1.165) is 18.5 Å². The van der Waals surface area contributed by atoms with Gasteiger partial charge in [0.2, 0.25) is 0 Å². The van der Waals surface area contributed by atoms with Gasteiger partial charge in [-0.15, -0.1) is 10.8 Å². The van der Waals surface area contributed by atoms with Crippen molar-refractivity contribution in [2.75, 3.05) is 12.9 Å². The first-order valence-electron chi connectivity index (χ1n) is 4.95. The maximum absolute atomic E-state index is 9.04. The minimum absolute atomic E-state index is 0.150. The Morgan fingerprint density at radius 2 is 2.06 bits per heavy atom. The summed E-state index contributed by atoms with van der Waals surface area (Å²) in [6, 6.07) is 5.71. The third-order valence-corrected chi connectivity index (χ3v) is 2.88. The Morgan fingerprint density at radius 3 is 2.65 bits per heavy atom. The molecule has 0 radical (unpaired) electrons. The first kappa shape index (κ1) is 13.9. The summed E-state index contributed by atoms with van der Waals surface area (Å²) in [7, 11) is -1.91. The summed E-state index contributed by atoms with van der Waals surface area (Å²) < 4.78 is 20.0. The van der Waals surface area contributed by atoms with E-state index in [1.807, 2.05) is 35.0 Å². The van der Waals surface area contributed by atoms with Crippen molar-refractivity contribution in [3.05, 3.63) is 36.3 Å². The summed E-state index contributed by atoms with van der Waals surface area (Å²) in [5.74, 6) is 0.150. The molecule has 0 atom stereocenters. The molecule has 7 heteroatoms. The molecule has 2 aromatic heterocycles. The summed E-state index contributed by atoms with van der Waals surface area (Å²) in [5, 5.41) is 12.1. The SMILES string of the molecule is CO.NS(O)(O)CCc1cn2ccccc2n1. The van der Waals surface area contributed by atoms with Crippen LogP contribution in [0.2, 0.25) is 0 Å². The molecule has 0 amide bonds. The second kappa shape index (κ2) is 5.99. The lowest BCUT2D eigenvalue weighted by Crippen LogP contribution is -2.14. The topological polar surface area (TPSA) is 104 Å². The fraction of sp³-hybridized carbons (Fsp3) is 0.300. The van der Waals surface area contributed by atoms with E-state index in [4.69, 9.17) is 19.4 Å². The average Bonchev–Trinajstić information content (AvgIpc) is 2.71. The molecule has 0 bridgehead atoms. The molecule has 96 valence electrons. The summed E-state index contributed by atoms with van der Waals surface area (Å²) in [6.07, 6.45) is 4.23. The summed E-state index contributed by atoms with van der Waals surface area (Å²) >= 11 is 0. The fourth-order valence-corrected chi connectivity index (χ4v) is 1.87. The molecule has 2 aromatic rings. The van der Waals surface area contributed by atoms with Crippen molar-refractivity contribution in [1.82, 2.24) is 9.38 Å². The summed E-state index contributed by atoms with van der Waals surface area (Å²) in [4.78, 5) is 4.31. The van der Waals surface area contributed by atoms with Gasteiger partial charge >= 0.3 is 0 Å². The van der Waals surface area contributed by atoms with Crippen molar-refractivity contribution in [2.24, 2.45) is 5.14 Å². The number of nitrogens with two attached hydrogens (primary N) is 1. The van der Waals surface area contributed by atoms with E-state index in [1.165, 1.54) is 0 Å². The minimum Gasteiger partial charge on any atom is -0.400 e. The number of pyridine rings is 1. The van der Waals surface area contributed by atoms with Crippen LogP contribution in [-0.4, -0.2) is 36.5 Å². The molecule has 0 fully saturated rings. The quantitative estimate of drug-likeness (QED) is 0.661. The van der Waals surface area contributed by atoms with Crippen LogP contribution in [0.1, 0.15) is 5.69 Å². The Labute approximate surface area is 101 Å². The first-order valence-corrected chi connectivity index (χ1v) is 6.73. The fourth-order valence-electron chi connectivity index (χ4n) is 1.36. The number of imidazole rings is 1. The highest BCUT2D eigenvalue weighted by molar-refractivity contribution is 8.22. The molecule has 0 aliphatic heterocycles. The molecule has 0 aliphatic rings. The summed E-state index contributed by atoms with van der Waals surface area (Å²) in [5.41, 5.74) is 1.66. The number of rotatable bonds is 3. The molecule has 0 aromatic carbocycles. The maximum atomic E-state index is 9.04. The number of aliphatic hydroxyl groups excluding tert-OH is 1. The number of aryl methyl sites for hydroxylation is 1. The van der Waals surface area contributed by atoms with Crippen LogP contribution in [0, 0.1) is 0 Å². The molecule has 0 saturated heterocycles. The van der Waals surface area contributed by atoms with Crippen LogP contribution in [0.5, 0.6) is 0 Å². The van der Waals surface area contributed by atoms with Gasteiger partial charge in [0.05, 0.1) is 11.4 Å². The molecule has 6 nitrogen and oxygen atoms in total. The van der Waals surface area contributed by atoms with Crippen molar-refractivity contribution in [3.63, 3.8) is 0 Å². The number of fused-ring (bicyclic) bond motifs is 1. The zero-order chi connectivity index (χ0) is 12.9. The number of hydrogen-bond acceptors (Lipinski definition) is 5. The number of aromatic nitrogens is 2. The van der Waals surface area contributed by atoms with Gasteiger partial charge in [-0.25, -0.2) is 10.1 Å². The van der Waals surface area contributed by atoms with Crippen LogP contribution >= 0.6 is 10.8 Å². The third kappa shape index (κ3) is 4.33. The molecule has 0 aliphatic carbocycles. The van der Waals surface area contributed by atoms with Gasteiger partial charge in [0.1, 0.15) is 5.65 Å². The summed E-state index contributed by atoms with van der Waals surface area (Å²) in [6.45, 7) is 0. The Balaban J connectivity index is 0.000000686. The van der Waals surface area contributed by atoms with Gasteiger partial charge in [0.25, 0.3) is 0 Å². The molecule has 17 heavy (non-hydrogen) atoms. The first-order chi connectivity index (χ1) is 8.04. The van der Waals surface area contributed by atoms with Crippen molar-refractivity contribution in [1.29, 1.82) is 0 Å². The van der Waals surface area contributed by atoms with Crippen molar-refractivity contribution >= 4 is 16.4 Å². The highest BCUT2D eigenvalue weighted by Crippen LogP contribution is 2.28. The Kier molecular flexibility index (Phi) is 4.91. The van der Waals surface area contributed by atoms with E-state index >= 15 is 0 Å². The highest BCUT2D eigenvalue weighted by atomic mass is 32.3. The predicted molar refractivity (Wildman–Crippen MR) is 68.9 cm³/mol. The van der Waals surface area contributed by atoms with E-state index in [9.17, 15) is 0 Å². The molecule has 0 saturated carbocycles. The lowest BCUT2D eigenvalue weighted by molar-refractivity contribution is 0.399. The lowest BCUT2D eigenvalue weighted by Gasteiger charge is -2.25. The predicted octanol–water partition coefficient (Wildman–Crippen LogP) is 1.11. The van der Waals surface area contributed by atoms with Crippen LogP contribution < -0.4 is 5.14 Å². The number of nitrogens with zero attached hydrogens (tertiary/aromatic N) is 2. The Hall–Kier alpha value is -1.12. The van der Waals surface area contributed by atoms with Gasteiger partial charge < -0.3 is 9.51 Å². The van der Waals surface area contributed by atoms with E-state index in [-0.39, 0.29) is 5.75 Å². The maximum Gasteiger partial charge on any atom is 0.136 e. The van der Waals surface area contributed by atoms with E-state index < -0.39 is 10.8 Å². The molecule has 2 heterocycles. The zero-order valence-corrected chi connectivity index (χ0v) is 10.3. The van der Waals surface area contributed by atoms with Crippen LogP contribution in [-0.2, 0) is 6.42 Å². The second-order valence-corrected chi connectivity index (χ2v) is 5.21. The van der Waals surface area contributed by atoms with Crippen LogP contribution in [0.4, 0.5) is 0 Å². The van der Waals surface area contributed by atoms with Gasteiger partial charge in [-0.2, -0.15) is 0 Å². The minimum atomic E-state index is -2.91. The molecular weight excluding hydrogens is 242 g/mol. The number of hydrogen-bond donors (Lipinski definition) is 4.